The molecule has 6 heteroatoms. The Morgan fingerprint density at radius 3 is 2.36 bits per heavy atom. The van der Waals surface area contributed by atoms with Crippen molar-refractivity contribution in [3.05, 3.63) is 47.0 Å². The van der Waals surface area contributed by atoms with Crippen LogP contribution in [0.4, 0.5) is 5.69 Å². The number of rotatable bonds is 8. The molecule has 2 aromatic rings. The topological polar surface area (TPSA) is 56.8 Å². The minimum Gasteiger partial charge on any atom is -0.495 e. The van der Waals surface area contributed by atoms with E-state index in [-0.39, 0.29) is 18.9 Å². The maximum absolute atomic E-state index is 12.1. The summed E-state index contributed by atoms with van der Waals surface area (Å²) in [7, 11) is 1.53. The van der Waals surface area contributed by atoms with E-state index in [1.54, 1.807) is 12.1 Å². The Hall–Kier alpha value is -2.40. The second-order valence-corrected chi connectivity index (χ2v) is 5.76. The number of aryl methyl sites for hydroxylation is 1. The highest BCUT2D eigenvalue weighted by molar-refractivity contribution is 6.31. The molecule has 0 unspecified atom stereocenters. The second kappa shape index (κ2) is 9.18. The van der Waals surface area contributed by atoms with Gasteiger partial charge in [0, 0.05) is 11.1 Å². The molecule has 5 nitrogen and oxygen atoms in total. The SMILES string of the molecule is CCOc1ccc(OCCC(=O)Nc2cc(C)c(Cl)cc2OC)cc1. The quantitative estimate of drug-likeness (QED) is 0.752. The van der Waals surface area contributed by atoms with Crippen molar-refractivity contribution in [2.24, 2.45) is 0 Å². The highest BCUT2D eigenvalue weighted by atomic mass is 35.5. The molecule has 0 aliphatic rings. The van der Waals surface area contributed by atoms with Crippen LogP contribution in [0.2, 0.25) is 5.02 Å². The Morgan fingerprint density at radius 1 is 1.12 bits per heavy atom. The molecule has 0 aliphatic carbocycles. The van der Waals surface area contributed by atoms with Gasteiger partial charge in [0.05, 0.1) is 32.4 Å². The van der Waals surface area contributed by atoms with E-state index in [1.807, 2.05) is 38.1 Å². The van der Waals surface area contributed by atoms with Crippen LogP contribution in [0.3, 0.4) is 0 Å². The van der Waals surface area contributed by atoms with Gasteiger partial charge in [-0.3, -0.25) is 4.79 Å². The number of methoxy groups -OCH3 is 1. The lowest BCUT2D eigenvalue weighted by Gasteiger charge is -2.12. The molecule has 0 atom stereocenters. The standard InChI is InChI=1S/C19H22ClNO4/c1-4-24-14-5-7-15(8-6-14)25-10-9-19(22)21-17-11-13(2)16(20)12-18(17)23-3/h5-8,11-12H,4,9-10H2,1-3H3,(H,21,22). The van der Waals surface area contributed by atoms with E-state index >= 15 is 0 Å². The molecule has 1 amide bonds. The van der Waals surface area contributed by atoms with E-state index < -0.39 is 0 Å². The van der Waals surface area contributed by atoms with Gasteiger partial charge < -0.3 is 19.5 Å². The summed E-state index contributed by atoms with van der Waals surface area (Å²) in [6.45, 7) is 4.69. The van der Waals surface area contributed by atoms with Gasteiger partial charge in [-0.05, 0) is 49.7 Å². The number of ether oxygens (including phenoxy) is 3. The molecule has 134 valence electrons. The van der Waals surface area contributed by atoms with Gasteiger partial charge in [-0.15, -0.1) is 0 Å². The Kier molecular flexibility index (Phi) is 6.95. The van der Waals surface area contributed by atoms with Crippen LogP contribution in [0.1, 0.15) is 18.9 Å². The molecule has 0 saturated heterocycles. The highest BCUT2D eigenvalue weighted by Crippen LogP contribution is 2.31. The summed E-state index contributed by atoms with van der Waals surface area (Å²) in [6.07, 6.45) is 0.220. The first-order valence-electron chi connectivity index (χ1n) is 8.03. The van der Waals surface area contributed by atoms with E-state index in [0.717, 1.165) is 11.3 Å². The maximum atomic E-state index is 12.1. The van der Waals surface area contributed by atoms with Crippen molar-refractivity contribution in [2.75, 3.05) is 25.6 Å². The molecule has 2 rings (SSSR count). The lowest BCUT2D eigenvalue weighted by molar-refractivity contribution is -0.116. The van der Waals surface area contributed by atoms with Crippen LogP contribution in [0.15, 0.2) is 36.4 Å². The average Bonchev–Trinajstić information content (AvgIpc) is 2.59. The molecule has 0 spiro atoms. The Balaban J connectivity index is 1.85. The molecule has 0 aliphatic heterocycles. The molecule has 2 aromatic carbocycles. The smallest absolute Gasteiger partial charge is 0.227 e. The largest absolute Gasteiger partial charge is 0.495 e. The first-order chi connectivity index (χ1) is 12.0. The third-order valence-corrected chi connectivity index (χ3v) is 3.89. The summed E-state index contributed by atoms with van der Waals surface area (Å²) in [6, 6.07) is 10.8. The average molecular weight is 364 g/mol. The van der Waals surface area contributed by atoms with Crippen molar-refractivity contribution < 1.29 is 19.0 Å². The number of carbonyl (C=O) groups is 1. The summed E-state index contributed by atoms with van der Waals surface area (Å²) in [5.41, 5.74) is 1.46. The number of hydrogen-bond acceptors (Lipinski definition) is 4. The summed E-state index contributed by atoms with van der Waals surface area (Å²) in [4.78, 5) is 12.1. The van der Waals surface area contributed by atoms with Crippen LogP contribution < -0.4 is 19.5 Å². The fraction of sp³-hybridized carbons (Fsp3) is 0.316. The van der Waals surface area contributed by atoms with Crippen LogP contribution in [-0.2, 0) is 4.79 Å². The minimum absolute atomic E-state index is 0.161. The summed E-state index contributed by atoms with van der Waals surface area (Å²) >= 11 is 6.06. The van der Waals surface area contributed by atoms with Crippen molar-refractivity contribution in [2.45, 2.75) is 20.3 Å². The number of halogens is 1. The number of nitrogens with one attached hydrogen (secondary N) is 1. The summed E-state index contributed by atoms with van der Waals surface area (Å²) < 4.78 is 16.2. The number of anilines is 1. The molecule has 1 N–H and O–H groups in total. The van der Waals surface area contributed by atoms with E-state index in [4.69, 9.17) is 25.8 Å². The molecular formula is C19H22ClNO4. The van der Waals surface area contributed by atoms with Gasteiger partial charge in [0.2, 0.25) is 5.91 Å². The zero-order chi connectivity index (χ0) is 18.2. The molecule has 0 heterocycles. The number of hydrogen-bond donors (Lipinski definition) is 1. The van der Waals surface area contributed by atoms with Gasteiger partial charge >= 0.3 is 0 Å². The van der Waals surface area contributed by atoms with Crippen LogP contribution in [0.25, 0.3) is 0 Å². The first-order valence-corrected chi connectivity index (χ1v) is 8.41. The zero-order valence-corrected chi connectivity index (χ0v) is 15.4. The Bertz CT molecular complexity index is 716. The number of carbonyl (C=O) groups excluding carboxylic acids is 1. The van der Waals surface area contributed by atoms with Crippen molar-refractivity contribution in [1.82, 2.24) is 0 Å². The first kappa shape index (κ1) is 18.9. The van der Waals surface area contributed by atoms with E-state index in [1.165, 1.54) is 7.11 Å². The summed E-state index contributed by atoms with van der Waals surface area (Å²) in [5, 5.41) is 3.41. The van der Waals surface area contributed by atoms with Crippen molar-refractivity contribution in [3.8, 4) is 17.2 Å². The monoisotopic (exact) mass is 363 g/mol. The predicted molar refractivity (Wildman–Crippen MR) is 99.1 cm³/mol. The lowest BCUT2D eigenvalue weighted by Crippen LogP contribution is -2.16. The van der Waals surface area contributed by atoms with Gasteiger partial charge in [0.1, 0.15) is 17.2 Å². The number of amides is 1. The number of benzene rings is 2. The normalized spacial score (nSPS) is 10.2. The summed E-state index contributed by atoms with van der Waals surface area (Å²) in [5.74, 6) is 1.84. The second-order valence-electron chi connectivity index (χ2n) is 5.35. The molecule has 0 saturated carbocycles. The van der Waals surface area contributed by atoms with Crippen molar-refractivity contribution in [3.63, 3.8) is 0 Å². The molecule has 0 fully saturated rings. The minimum atomic E-state index is -0.161. The fourth-order valence-corrected chi connectivity index (χ4v) is 2.36. The van der Waals surface area contributed by atoms with Gasteiger partial charge in [0.25, 0.3) is 0 Å². The van der Waals surface area contributed by atoms with Crippen LogP contribution in [-0.4, -0.2) is 26.2 Å². The molecule has 0 radical (unpaired) electrons. The van der Waals surface area contributed by atoms with Gasteiger partial charge in [-0.25, -0.2) is 0 Å². The van der Waals surface area contributed by atoms with Gasteiger partial charge in [0.15, 0.2) is 0 Å². The van der Waals surface area contributed by atoms with Crippen LogP contribution >= 0.6 is 11.6 Å². The fourth-order valence-electron chi connectivity index (χ4n) is 2.20. The van der Waals surface area contributed by atoms with Crippen molar-refractivity contribution in [1.29, 1.82) is 0 Å². The van der Waals surface area contributed by atoms with E-state index in [9.17, 15) is 4.79 Å². The van der Waals surface area contributed by atoms with Crippen molar-refractivity contribution >= 4 is 23.2 Å². The third kappa shape index (κ3) is 5.57. The van der Waals surface area contributed by atoms with Crippen LogP contribution in [0.5, 0.6) is 17.2 Å². The predicted octanol–water partition coefficient (Wildman–Crippen LogP) is 4.46. The lowest BCUT2D eigenvalue weighted by atomic mass is 10.2. The molecular weight excluding hydrogens is 342 g/mol. The van der Waals surface area contributed by atoms with Gasteiger partial charge in [-0.2, -0.15) is 0 Å². The Labute approximate surface area is 152 Å². The zero-order valence-electron chi connectivity index (χ0n) is 14.6. The molecule has 0 bridgehead atoms. The third-order valence-electron chi connectivity index (χ3n) is 3.49. The van der Waals surface area contributed by atoms with Gasteiger partial charge in [-0.1, -0.05) is 11.6 Å². The molecule has 25 heavy (non-hydrogen) atoms. The molecule has 0 aromatic heterocycles. The Morgan fingerprint density at radius 2 is 1.76 bits per heavy atom. The highest BCUT2D eigenvalue weighted by Gasteiger charge is 2.10. The van der Waals surface area contributed by atoms with Crippen LogP contribution in [0, 0.1) is 6.92 Å². The van der Waals surface area contributed by atoms with E-state index in [0.29, 0.717) is 28.8 Å². The maximum Gasteiger partial charge on any atom is 0.227 e. The van der Waals surface area contributed by atoms with E-state index in [2.05, 4.69) is 5.32 Å².